The largest absolute Gasteiger partial charge is 0.399 e. The first kappa shape index (κ1) is 23.5. The molecule has 34 heavy (non-hydrogen) atoms. The number of halogens is 2. The van der Waals surface area contributed by atoms with Crippen LogP contribution in [-0.2, 0) is 6.54 Å². The van der Waals surface area contributed by atoms with E-state index >= 15 is 0 Å². The number of aromatic nitrogens is 2. The number of fused-ring (bicyclic) bond motifs is 1. The van der Waals surface area contributed by atoms with Crippen LogP contribution in [0.3, 0.4) is 0 Å². The molecule has 8 heteroatoms. The third-order valence-electron chi connectivity index (χ3n) is 7.12. The summed E-state index contributed by atoms with van der Waals surface area (Å²) >= 11 is 12.4. The first-order valence-electron chi connectivity index (χ1n) is 12.3. The molecule has 0 unspecified atom stereocenters. The van der Waals surface area contributed by atoms with Gasteiger partial charge in [-0.1, -0.05) is 29.3 Å². The van der Waals surface area contributed by atoms with Crippen LogP contribution < -0.4 is 16.0 Å². The highest BCUT2D eigenvalue weighted by Gasteiger charge is 2.23. The number of piperidine rings is 1. The van der Waals surface area contributed by atoms with Crippen LogP contribution >= 0.6 is 23.2 Å². The maximum absolute atomic E-state index is 6.38. The normalized spacial score (nSPS) is 17.5. The zero-order chi connectivity index (χ0) is 23.5. The molecule has 0 saturated carbocycles. The molecule has 2 saturated heterocycles. The van der Waals surface area contributed by atoms with Gasteiger partial charge in [0.05, 0.1) is 5.52 Å². The highest BCUT2D eigenvalue weighted by molar-refractivity contribution is 6.35. The fraction of sp³-hybridized carbons (Fsp3) is 0.462. The van der Waals surface area contributed by atoms with Crippen molar-refractivity contribution in [3.8, 4) is 0 Å². The van der Waals surface area contributed by atoms with Gasteiger partial charge in [0, 0.05) is 40.8 Å². The number of nitrogens with two attached hydrogens (primary N) is 1. The maximum Gasteiger partial charge on any atom is 0.227 e. The highest BCUT2D eigenvalue weighted by atomic mass is 35.5. The second-order valence-corrected chi connectivity index (χ2v) is 10.3. The number of rotatable bonds is 7. The molecule has 0 bridgehead atoms. The number of hydrogen-bond acceptors (Lipinski definition) is 6. The van der Waals surface area contributed by atoms with E-state index in [0.717, 1.165) is 47.2 Å². The van der Waals surface area contributed by atoms with Crippen LogP contribution in [0.5, 0.6) is 0 Å². The van der Waals surface area contributed by atoms with E-state index in [1.54, 1.807) is 6.07 Å². The Bertz CT molecular complexity index is 1140. The van der Waals surface area contributed by atoms with Crippen LogP contribution in [0.15, 0.2) is 36.4 Å². The fourth-order valence-corrected chi connectivity index (χ4v) is 5.52. The van der Waals surface area contributed by atoms with Crippen LogP contribution in [0.2, 0.25) is 10.0 Å². The minimum Gasteiger partial charge on any atom is -0.399 e. The van der Waals surface area contributed by atoms with Gasteiger partial charge in [0.25, 0.3) is 0 Å². The lowest BCUT2D eigenvalue weighted by Gasteiger charge is -2.33. The van der Waals surface area contributed by atoms with E-state index in [-0.39, 0.29) is 0 Å². The molecule has 2 aliphatic heterocycles. The van der Waals surface area contributed by atoms with E-state index in [4.69, 9.17) is 38.9 Å². The zero-order valence-electron chi connectivity index (χ0n) is 19.4. The van der Waals surface area contributed by atoms with Crippen LogP contribution in [0.25, 0.3) is 10.9 Å². The van der Waals surface area contributed by atoms with Crippen LogP contribution in [-0.4, -0.2) is 47.6 Å². The summed E-state index contributed by atoms with van der Waals surface area (Å²) in [5, 5.41) is 5.63. The van der Waals surface area contributed by atoms with Crippen LogP contribution in [0.4, 0.5) is 17.5 Å². The first-order chi connectivity index (χ1) is 16.5. The Morgan fingerprint density at radius 3 is 2.53 bits per heavy atom. The van der Waals surface area contributed by atoms with Crippen LogP contribution in [0.1, 0.15) is 37.7 Å². The van der Waals surface area contributed by atoms with Crippen molar-refractivity contribution in [1.82, 2.24) is 14.9 Å². The van der Waals surface area contributed by atoms with E-state index in [0.29, 0.717) is 22.3 Å². The molecule has 1 aromatic heterocycles. The molecule has 3 N–H and O–H groups in total. The monoisotopic (exact) mass is 498 g/mol. The predicted octanol–water partition coefficient (Wildman–Crippen LogP) is 5.83. The minimum atomic E-state index is 0.537. The number of likely N-dealkylation sites (tertiary alicyclic amines) is 1. The topological polar surface area (TPSA) is 70.3 Å². The molecule has 0 amide bonds. The van der Waals surface area contributed by atoms with E-state index in [1.165, 1.54) is 51.7 Å². The Hall–Kier alpha value is -2.28. The van der Waals surface area contributed by atoms with Crippen molar-refractivity contribution in [2.75, 3.05) is 48.7 Å². The summed E-state index contributed by atoms with van der Waals surface area (Å²) in [4.78, 5) is 14.8. The van der Waals surface area contributed by atoms with Crippen molar-refractivity contribution < 1.29 is 0 Å². The molecule has 6 nitrogen and oxygen atoms in total. The average Bonchev–Trinajstić information content (AvgIpc) is 3.36. The molecule has 180 valence electrons. The van der Waals surface area contributed by atoms with Gasteiger partial charge < -0.3 is 20.9 Å². The first-order valence-corrected chi connectivity index (χ1v) is 13.0. The predicted molar refractivity (Wildman–Crippen MR) is 143 cm³/mol. The number of hydrogen-bond donors (Lipinski definition) is 2. The average molecular weight is 499 g/mol. The van der Waals surface area contributed by atoms with Gasteiger partial charge in [-0.05, 0) is 93.6 Å². The molecule has 0 aliphatic carbocycles. The number of nitrogens with one attached hydrogen (secondary N) is 1. The zero-order valence-corrected chi connectivity index (χ0v) is 21.0. The van der Waals surface area contributed by atoms with Gasteiger partial charge >= 0.3 is 0 Å². The molecule has 3 aromatic rings. The summed E-state index contributed by atoms with van der Waals surface area (Å²) in [6.45, 7) is 6.34. The molecule has 0 atom stereocenters. The fourth-order valence-electron chi connectivity index (χ4n) is 5.05. The van der Waals surface area contributed by atoms with Gasteiger partial charge in [-0.3, -0.25) is 0 Å². The molecule has 5 rings (SSSR count). The lowest BCUT2D eigenvalue weighted by atomic mass is 9.93. The van der Waals surface area contributed by atoms with Gasteiger partial charge in [0.1, 0.15) is 5.82 Å². The Balaban J connectivity index is 1.30. The quantitative estimate of drug-likeness (QED) is 0.399. The summed E-state index contributed by atoms with van der Waals surface area (Å²) in [6.07, 6.45) is 6.43. The second kappa shape index (κ2) is 10.5. The summed E-state index contributed by atoms with van der Waals surface area (Å²) < 4.78 is 0. The molecule has 2 aliphatic rings. The molecular weight excluding hydrogens is 467 g/mol. The van der Waals surface area contributed by atoms with Gasteiger partial charge in [0.15, 0.2) is 0 Å². The summed E-state index contributed by atoms with van der Waals surface area (Å²) in [5.41, 5.74) is 8.62. The van der Waals surface area contributed by atoms with Gasteiger partial charge in [-0.25, -0.2) is 4.98 Å². The molecule has 0 radical (unpaired) electrons. The SMILES string of the molecule is Nc1ccc2nc(N3CCC(CCN4CCCC4)CC3)nc(NCc3ccc(Cl)cc3Cl)c2c1. The Kier molecular flexibility index (Phi) is 7.28. The van der Waals surface area contributed by atoms with Gasteiger partial charge in [-0.2, -0.15) is 4.98 Å². The summed E-state index contributed by atoms with van der Waals surface area (Å²) in [6, 6.07) is 11.3. The van der Waals surface area contributed by atoms with E-state index in [2.05, 4.69) is 15.1 Å². The van der Waals surface area contributed by atoms with Crippen LogP contribution in [0, 0.1) is 5.92 Å². The highest BCUT2D eigenvalue weighted by Crippen LogP contribution is 2.30. The Morgan fingerprint density at radius 1 is 0.971 bits per heavy atom. The number of nitrogens with zero attached hydrogens (tertiary/aromatic N) is 4. The summed E-state index contributed by atoms with van der Waals surface area (Å²) in [7, 11) is 0. The van der Waals surface area contributed by atoms with Crippen molar-refractivity contribution in [2.45, 2.75) is 38.6 Å². The standard InChI is InChI=1S/C26H32Cl2N6/c27-20-4-3-19(23(28)15-20)17-30-25-22-16-21(29)5-6-24(22)31-26(32-25)34-13-8-18(9-14-34)7-12-33-10-1-2-11-33/h3-6,15-16,18H,1-2,7-14,17,29H2,(H,30,31,32). The van der Waals surface area contributed by atoms with Crippen molar-refractivity contribution in [1.29, 1.82) is 0 Å². The van der Waals surface area contributed by atoms with E-state index in [9.17, 15) is 0 Å². The number of anilines is 3. The van der Waals surface area contributed by atoms with Gasteiger partial charge in [-0.15, -0.1) is 0 Å². The molecule has 2 fully saturated rings. The van der Waals surface area contributed by atoms with Crippen molar-refractivity contribution in [3.63, 3.8) is 0 Å². The Morgan fingerprint density at radius 2 is 1.76 bits per heavy atom. The van der Waals surface area contributed by atoms with Crippen molar-refractivity contribution in [3.05, 3.63) is 52.0 Å². The molecule has 3 heterocycles. The second-order valence-electron chi connectivity index (χ2n) is 9.51. The van der Waals surface area contributed by atoms with E-state index < -0.39 is 0 Å². The lowest BCUT2D eigenvalue weighted by Crippen LogP contribution is -2.36. The van der Waals surface area contributed by atoms with Crippen molar-refractivity contribution >= 4 is 51.6 Å². The lowest BCUT2D eigenvalue weighted by molar-refractivity contribution is 0.280. The third-order valence-corrected chi connectivity index (χ3v) is 7.71. The molecule has 0 spiro atoms. The Labute approximate surface area is 211 Å². The number of nitrogen functional groups attached to an aromatic ring is 1. The smallest absolute Gasteiger partial charge is 0.227 e. The maximum atomic E-state index is 6.38. The minimum absolute atomic E-state index is 0.537. The van der Waals surface area contributed by atoms with Crippen molar-refractivity contribution in [2.24, 2.45) is 5.92 Å². The molecular formula is C26H32Cl2N6. The van der Waals surface area contributed by atoms with Gasteiger partial charge in [0.2, 0.25) is 5.95 Å². The van der Waals surface area contributed by atoms with E-state index in [1.807, 2.05) is 30.3 Å². The number of benzene rings is 2. The third kappa shape index (κ3) is 5.51. The molecule has 2 aromatic carbocycles. The summed E-state index contributed by atoms with van der Waals surface area (Å²) in [5.74, 6) is 2.34.